The summed E-state index contributed by atoms with van der Waals surface area (Å²) < 4.78 is 0. The Morgan fingerprint density at radius 2 is 0.633 bits per heavy atom. The first-order valence-electron chi connectivity index (χ1n) is 13.2. The molecule has 30 heavy (non-hydrogen) atoms. The lowest BCUT2D eigenvalue weighted by molar-refractivity contribution is -0.00000756. The van der Waals surface area contributed by atoms with Crippen molar-refractivity contribution in [3.63, 3.8) is 0 Å². The molecule has 0 fully saturated rings. The van der Waals surface area contributed by atoms with Crippen molar-refractivity contribution in [3.8, 4) is 0 Å². The fourth-order valence-corrected chi connectivity index (χ4v) is 15.3. The molecule has 0 radical (unpaired) electrons. The van der Waals surface area contributed by atoms with Crippen molar-refractivity contribution in [1.82, 2.24) is 0 Å². The molecule has 0 bridgehead atoms. The summed E-state index contributed by atoms with van der Waals surface area (Å²) in [4.78, 5) is 0. The van der Waals surface area contributed by atoms with Gasteiger partial charge in [0.25, 0.3) is 0 Å². The van der Waals surface area contributed by atoms with E-state index in [1.807, 2.05) is 0 Å². The number of hydrogen-bond donors (Lipinski definition) is 0. The zero-order chi connectivity index (χ0) is 22.6. The van der Waals surface area contributed by atoms with E-state index < -0.39 is 7.26 Å². The van der Waals surface area contributed by atoms with Gasteiger partial charge in [0.1, 0.15) is 0 Å². The molecule has 0 saturated heterocycles. The third kappa shape index (κ3) is 11.2. The number of rotatable bonds is 15. The van der Waals surface area contributed by atoms with Crippen LogP contribution in [0.15, 0.2) is 0 Å². The summed E-state index contributed by atoms with van der Waals surface area (Å²) in [5.41, 5.74) is 0. The summed E-state index contributed by atoms with van der Waals surface area (Å²) in [5, 5.41) is 1.29. The molecule has 0 aliphatic rings. The van der Waals surface area contributed by atoms with E-state index in [9.17, 15) is 0 Å². The second-order valence-electron chi connectivity index (χ2n) is 12.6. The predicted octanol–water partition coefficient (Wildman–Crippen LogP) is 7.88. The molecule has 0 aromatic carbocycles. The van der Waals surface area contributed by atoms with Crippen LogP contribution < -0.4 is 17.0 Å². The Labute approximate surface area is 204 Å². The Hall–Kier alpha value is 0.910. The van der Waals surface area contributed by atoms with E-state index in [0.29, 0.717) is 15.5 Å². The van der Waals surface area contributed by atoms with Crippen molar-refractivity contribution in [2.45, 2.75) is 175 Å². The smallest absolute Gasteiger partial charge is 0.0725 e. The van der Waals surface area contributed by atoms with E-state index in [4.69, 9.17) is 0 Å². The zero-order valence-electron chi connectivity index (χ0n) is 22.9. The lowest BCUT2D eigenvalue weighted by Gasteiger charge is -2.54. The Morgan fingerprint density at radius 1 is 0.400 bits per heavy atom. The molecule has 0 unspecified atom stereocenters. The van der Waals surface area contributed by atoms with Crippen LogP contribution in [0.2, 0.25) is 0 Å². The van der Waals surface area contributed by atoms with Crippen molar-refractivity contribution in [2.75, 3.05) is 6.16 Å². The molecule has 0 aliphatic carbocycles. The van der Waals surface area contributed by atoms with Crippen molar-refractivity contribution in [2.24, 2.45) is 0 Å². The maximum atomic E-state index is 2.53. The molecule has 0 aliphatic heterocycles. The van der Waals surface area contributed by atoms with Crippen LogP contribution in [-0.2, 0) is 0 Å². The first kappa shape index (κ1) is 33.1. The maximum absolute atomic E-state index is 2.53. The van der Waals surface area contributed by atoms with Gasteiger partial charge in [0.15, 0.2) is 0 Å². The van der Waals surface area contributed by atoms with Gasteiger partial charge in [0.2, 0.25) is 0 Å². The minimum atomic E-state index is -1.13. The fraction of sp³-hybridized carbons (Fsp3) is 1.00. The third-order valence-corrected chi connectivity index (χ3v) is 15.1. The van der Waals surface area contributed by atoms with Gasteiger partial charge in [-0.3, -0.25) is 0 Å². The Balaban J connectivity index is 0. The Morgan fingerprint density at radius 3 is 0.867 bits per heavy atom. The van der Waals surface area contributed by atoms with Gasteiger partial charge < -0.3 is 17.0 Å². The van der Waals surface area contributed by atoms with Gasteiger partial charge in [-0.25, -0.2) is 0 Å². The molecule has 0 N–H and O–H groups in total. The minimum Gasteiger partial charge on any atom is -1.00 e. The molecule has 0 saturated carbocycles. The Bertz CT molecular complexity index is 358. The lowest BCUT2D eigenvalue weighted by Crippen LogP contribution is -3.00. The largest absolute Gasteiger partial charge is 1.00 e. The first-order valence-corrected chi connectivity index (χ1v) is 15.2. The van der Waals surface area contributed by atoms with Gasteiger partial charge in [-0.15, -0.1) is 0 Å². The van der Waals surface area contributed by atoms with E-state index in [1.165, 1.54) is 96.1 Å². The van der Waals surface area contributed by atoms with Crippen molar-refractivity contribution in [1.29, 1.82) is 0 Å². The highest BCUT2D eigenvalue weighted by Crippen LogP contribution is 2.83. The second kappa shape index (κ2) is 15.7. The van der Waals surface area contributed by atoms with E-state index in [-0.39, 0.29) is 17.0 Å². The zero-order valence-corrected chi connectivity index (χ0v) is 25.4. The monoisotopic (exact) mass is 506 g/mol. The number of hydrogen-bond acceptors (Lipinski definition) is 0. The maximum Gasteiger partial charge on any atom is 0.0725 e. The van der Waals surface area contributed by atoms with Gasteiger partial charge >= 0.3 is 0 Å². The molecule has 2 heteroatoms. The lowest BCUT2D eigenvalue weighted by atomic mass is 10.0. The van der Waals surface area contributed by atoms with Crippen LogP contribution in [0.4, 0.5) is 0 Å². The van der Waals surface area contributed by atoms with E-state index >= 15 is 0 Å². The van der Waals surface area contributed by atoms with Crippen LogP contribution in [0, 0.1) is 0 Å². The van der Waals surface area contributed by atoms with Crippen LogP contribution in [0.25, 0.3) is 0 Å². The normalized spacial score (nSPS) is 13.4. The molecule has 0 aromatic rings. The van der Waals surface area contributed by atoms with Crippen LogP contribution >= 0.6 is 7.26 Å². The SMILES string of the molecule is CCCCCCCCCCCCCCCC[P+](C(C)(C)C)(C(C)(C)C)C(C)(C)C.[Br-]. The minimum absolute atomic E-state index is 0. The van der Waals surface area contributed by atoms with Crippen LogP contribution in [0.1, 0.15) is 159 Å². The fourth-order valence-electron chi connectivity index (χ4n) is 6.57. The number of unbranched alkanes of at least 4 members (excludes halogenated alkanes) is 13. The second-order valence-corrected chi connectivity index (χ2v) is 18.7. The molecule has 0 amide bonds. The molecule has 0 nitrogen and oxygen atoms in total. The third-order valence-electron chi connectivity index (χ3n) is 7.28. The average Bonchev–Trinajstić information content (AvgIpc) is 2.54. The molecule has 184 valence electrons. The highest BCUT2D eigenvalue weighted by molar-refractivity contribution is 7.80. The van der Waals surface area contributed by atoms with Gasteiger partial charge in [-0.05, 0) is 75.2 Å². The average molecular weight is 508 g/mol. The first-order chi connectivity index (χ1) is 13.3. The van der Waals surface area contributed by atoms with Gasteiger partial charge in [-0.2, -0.15) is 0 Å². The van der Waals surface area contributed by atoms with Gasteiger partial charge in [0, 0.05) is 7.26 Å². The van der Waals surface area contributed by atoms with Gasteiger partial charge in [0.05, 0.1) is 21.6 Å². The predicted molar refractivity (Wildman–Crippen MR) is 141 cm³/mol. The topological polar surface area (TPSA) is 0 Å². The van der Waals surface area contributed by atoms with Gasteiger partial charge in [-0.1, -0.05) is 84.0 Å². The molecule has 0 heterocycles. The summed E-state index contributed by atoms with van der Waals surface area (Å²) >= 11 is 0. The molecule has 0 spiro atoms. The van der Waals surface area contributed by atoms with Crippen molar-refractivity contribution in [3.05, 3.63) is 0 Å². The summed E-state index contributed by atoms with van der Waals surface area (Å²) in [5.74, 6) is 0. The summed E-state index contributed by atoms with van der Waals surface area (Å²) in [7, 11) is -1.13. The molecular weight excluding hydrogens is 447 g/mol. The molecular formula is C28H60BrP. The highest BCUT2D eigenvalue weighted by Gasteiger charge is 2.63. The quantitative estimate of drug-likeness (QED) is 0.156. The van der Waals surface area contributed by atoms with E-state index in [1.54, 1.807) is 0 Å². The van der Waals surface area contributed by atoms with Crippen molar-refractivity contribution >= 4 is 7.26 Å². The van der Waals surface area contributed by atoms with Crippen LogP contribution in [-0.4, -0.2) is 21.6 Å². The number of halogens is 1. The summed E-state index contributed by atoms with van der Waals surface area (Å²) in [6, 6.07) is 0. The van der Waals surface area contributed by atoms with E-state index in [2.05, 4.69) is 69.2 Å². The summed E-state index contributed by atoms with van der Waals surface area (Å²) in [6.45, 7) is 25.1. The molecule has 0 rings (SSSR count). The van der Waals surface area contributed by atoms with E-state index in [0.717, 1.165) is 0 Å². The summed E-state index contributed by atoms with van der Waals surface area (Å²) in [6.07, 6.45) is 21.8. The standard InChI is InChI=1S/C28H60P.BrH/c1-11-12-13-14-15-16-17-18-19-20-21-22-23-24-25-29(26(2,3)4,27(5,6)7)28(8,9)10;/h11-25H2,1-10H3;1H/q+1;/p-1. The molecule has 0 atom stereocenters. The van der Waals surface area contributed by atoms with Crippen molar-refractivity contribution < 1.29 is 17.0 Å². The van der Waals surface area contributed by atoms with Crippen LogP contribution in [0.3, 0.4) is 0 Å². The van der Waals surface area contributed by atoms with Crippen LogP contribution in [0.5, 0.6) is 0 Å². The highest BCUT2D eigenvalue weighted by atomic mass is 79.9. The Kier molecular flexibility index (Phi) is 17.3. The molecule has 0 aromatic heterocycles.